The van der Waals surface area contributed by atoms with E-state index < -0.39 is 10.1 Å². The van der Waals surface area contributed by atoms with Crippen LogP contribution in [0.2, 0.25) is 0 Å². The van der Waals surface area contributed by atoms with Gasteiger partial charge in [0.05, 0.1) is 5.75 Å². The normalized spacial score (nSPS) is 12.1. The smallest absolute Gasteiger partial charge is 0.265 e. The lowest BCUT2D eigenvalue weighted by Gasteiger charge is -1.95. The van der Waals surface area contributed by atoms with Crippen molar-refractivity contribution >= 4 is 31.7 Å². The first kappa shape index (κ1) is 12.4. The Bertz CT molecular complexity index is 636. The predicted octanol–water partition coefficient (Wildman–Crippen LogP) is 1.61. The minimum atomic E-state index is -3.92. The summed E-state index contributed by atoms with van der Waals surface area (Å²) in [4.78, 5) is 0. The Labute approximate surface area is 102 Å². The van der Waals surface area contributed by atoms with Crippen LogP contribution in [-0.4, -0.2) is 18.7 Å². The predicted molar refractivity (Wildman–Crippen MR) is 63.0 cm³/mol. The number of benzene rings is 1. The number of thiazole rings is 1. The van der Waals surface area contributed by atoms with Gasteiger partial charge in [0.1, 0.15) is 10.5 Å². The summed E-state index contributed by atoms with van der Waals surface area (Å²) in [5.74, 6) is -0.605. The number of hydrogen-bond acceptors (Lipinski definition) is 3. The van der Waals surface area contributed by atoms with Crippen molar-refractivity contribution in [1.29, 1.82) is 0 Å². The number of aromatic nitrogens is 1. The lowest BCUT2D eigenvalue weighted by atomic mass is 10.3. The van der Waals surface area contributed by atoms with Crippen molar-refractivity contribution in [3.05, 3.63) is 29.5 Å². The summed E-state index contributed by atoms with van der Waals surface area (Å²) < 4.78 is 45.5. The van der Waals surface area contributed by atoms with Gasteiger partial charge in [-0.3, -0.25) is 4.55 Å². The van der Waals surface area contributed by atoms with Gasteiger partial charge >= 0.3 is 0 Å². The second-order valence-electron chi connectivity index (χ2n) is 3.67. The van der Waals surface area contributed by atoms with Crippen LogP contribution in [0.25, 0.3) is 10.2 Å². The molecule has 2 aromatic rings. The summed E-state index contributed by atoms with van der Waals surface area (Å²) in [6, 6.07) is 4.50. The Hall–Kier alpha value is -1.05. The minimum Gasteiger partial charge on any atom is -0.286 e. The van der Waals surface area contributed by atoms with Crippen molar-refractivity contribution in [2.45, 2.75) is 13.0 Å². The van der Waals surface area contributed by atoms with Crippen LogP contribution < -0.4 is 4.57 Å². The van der Waals surface area contributed by atoms with Gasteiger partial charge in [0, 0.05) is 12.5 Å². The molecule has 1 aromatic carbocycles. The third kappa shape index (κ3) is 3.21. The number of hydrogen-bond donors (Lipinski definition) is 1. The second-order valence-corrected chi connectivity index (χ2v) is 6.13. The third-order valence-electron chi connectivity index (χ3n) is 2.34. The molecule has 0 bridgehead atoms. The summed E-state index contributed by atoms with van der Waals surface area (Å²) >= 11 is 1.46. The maximum atomic E-state index is 13.1. The summed E-state index contributed by atoms with van der Waals surface area (Å²) in [6.45, 7) is 0.434. The zero-order chi connectivity index (χ0) is 12.5. The van der Waals surface area contributed by atoms with Crippen LogP contribution in [0.1, 0.15) is 6.42 Å². The van der Waals surface area contributed by atoms with Crippen LogP contribution in [0.4, 0.5) is 4.39 Å². The highest BCUT2D eigenvalue weighted by Crippen LogP contribution is 2.17. The Morgan fingerprint density at radius 3 is 2.88 bits per heavy atom. The van der Waals surface area contributed by atoms with Gasteiger partial charge in [-0.05, 0) is 12.1 Å². The Morgan fingerprint density at radius 1 is 1.41 bits per heavy atom. The molecule has 1 N–H and O–H groups in total. The molecule has 1 aromatic heterocycles. The van der Waals surface area contributed by atoms with Gasteiger partial charge in [0.15, 0.2) is 6.54 Å². The van der Waals surface area contributed by atoms with E-state index in [2.05, 4.69) is 0 Å². The van der Waals surface area contributed by atoms with E-state index in [0.717, 1.165) is 10.2 Å². The van der Waals surface area contributed by atoms with Crippen LogP contribution in [0.5, 0.6) is 0 Å². The molecule has 17 heavy (non-hydrogen) atoms. The lowest BCUT2D eigenvalue weighted by Crippen LogP contribution is -2.32. The van der Waals surface area contributed by atoms with Crippen LogP contribution in [-0.2, 0) is 16.7 Å². The monoisotopic (exact) mass is 276 g/mol. The Morgan fingerprint density at radius 2 is 2.18 bits per heavy atom. The highest BCUT2D eigenvalue weighted by atomic mass is 32.2. The molecule has 0 aliphatic rings. The fourth-order valence-corrected chi connectivity index (χ4v) is 2.98. The van der Waals surface area contributed by atoms with Crippen LogP contribution >= 0.6 is 11.3 Å². The van der Waals surface area contributed by atoms with Gasteiger partial charge in [-0.1, -0.05) is 11.3 Å². The van der Waals surface area contributed by atoms with E-state index in [1.165, 1.54) is 23.5 Å². The maximum absolute atomic E-state index is 13.1. The number of nitrogens with zero attached hydrogens (tertiary/aromatic N) is 1. The van der Waals surface area contributed by atoms with E-state index in [-0.39, 0.29) is 11.6 Å². The molecule has 0 aliphatic carbocycles. The fourth-order valence-electron chi connectivity index (χ4n) is 1.58. The lowest BCUT2D eigenvalue weighted by molar-refractivity contribution is -0.667. The van der Waals surface area contributed by atoms with Gasteiger partial charge in [-0.25, -0.2) is 4.39 Å². The zero-order valence-electron chi connectivity index (χ0n) is 8.84. The first-order valence-electron chi connectivity index (χ1n) is 4.97. The molecule has 2 rings (SSSR count). The second kappa shape index (κ2) is 4.67. The van der Waals surface area contributed by atoms with E-state index in [4.69, 9.17) is 4.55 Å². The highest BCUT2D eigenvalue weighted by Gasteiger charge is 2.14. The number of fused-ring (bicyclic) bond motifs is 1. The van der Waals surface area contributed by atoms with Crippen LogP contribution in [0.15, 0.2) is 23.7 Å². The standard InChI is InChI=1S/C10H10FNO3S2/c11-8-2-3-10-9(6-8)12(7-16-10)4-1-5-17(13,14)15/h2-3,6-7H,1,4-5H2/p+1. The molecule has 92 valence electrons. The zero-order valence-corrected chi connectivity index (χ0v) is 10.5. The first-order chi connectivity index (χ1) is 7.96. The fraction of sp³-hybridized carbons (Fsp3) is 0.300. The SMILES string of the molecule is O=S(=O)(O)CCC[n+]1csc2ccc(F)cc21. The van der Waals surface area contributed by atoms with Gasteiger partial charge in [0.2, 0.25) is 11.0 Å². The molecule has 0 fully saturated rings. The number of aryl methyl sites for hydroxylation is 1. The van der Waals surface area contributed by atoms with Crippen molar-refractivity contribution in [3.8, 4) is 0 Å². The number of halogens is 1. The van der Waals surface area contributed by atoms with Gasteiger partial charge in [0.25, 0.3) is 10.1 Å². The van der Waals surface area contributed by atoms with Crippen molar-refractivity contribution in [2.24, 2.45) is 0 Å². The first-order valence-corrected chi connectivity index (χ1v) is 7.46. The van der Waals surface area contributed by atoms with E-state index in [1.807, 2.05) is 5.51 Å². The quantitative estimate of drug-likeness (QED) is 0.681. The van der Waals surface area contributed by atoms with Gasteiger partial charge < -0.3 is 0 Å². The van der Waals surface area contributed by atoms with E-state index in [0.29, 0.717) is 13.0 Å². The molecule has 0 radical (unpaired) electrons. The molecule has 1 heterocycles. The molecule has 0 spiro atoms. The van der Waals surface area contributed by atoms with Gasteiger partial charge in [-0.15, -0.1) is 0 Å². The van der Waals surface area contributed by atoms with Crippen molar-refractivity contribution in [1.82, 2.24) is 0 Å². The molecule has 0 aliphatic heterocycles. The van der Waals surface area contributed by atoms with Crippen LogP contribution in [0.3, 0.4) is 0 Å². The maximum Gasteiger partial charge on any atom is 0.265 e. The molecule has 0 unspecified atom stereocenters. The molecule has 4 nitrogen and oxygen atoms in total. The van der Waals surface area contributed by atoms with Crippen molar-refractivity contribution in [3.63, 3.8) is 0 Å². The minimum absolute atomic E-state index is 0.285. The average molecular weight is 276 g/mol. The molecule has 0 atom stereocenters. The van der Waals surface area contributed by atoms with Crippen molar-refractivity contribution < 1.29 is 21.9 Å². The largest absolute Gasteiger partial charge is 0.286 e. The summed E-state index contributed by atoms with van der Waals surface area (Å²) in [5.41, 5.74) is 2.55. The summed E-state index contributed by atoms with van der Waals surface area (Å²) in [7, 11) is -3.92. The van der Waals surface area contributed by atoms with Crippen molar-refractivity contribution in [2.75, 3.05) is 5.75 Å². The highest BCUT2D eigenvalue weighted by molar-refractivity contribution is 7.85. The van der Waals surface area contributed by atoms with Gasteiger partial charge in [-0.2, -0.15) is 13.0 Å². The molecule has 0 amide bonds. The topological polar surface area (TPSA) is 58.3 Å². The Balaban J connectivity index is 2.16. The van der Waals surface area contributed by atoms with E-state index in [1.54, 1.807) is 10.6 Å². The molecule has 7 heteroatoms. The van der Waals surface area contributed by atoms with E-state index >= 15 is 0 Å². The van der Waals surface area contributed by atoms with E-state index in [9.17, 15) is 12.8 Å². The van der Waals surface area contributed by atoms with Crippen LogP contribution in [0, 0.1) is 5.82 Å². The average Bonchev–Trinajstić information content (AvgIpc) is 2.59. The molecule has 0 saturated carbocycles. The summed E-state index contributed by atoms with van der Waals surface area (Å²) in [6.07, 6.45) is 0.297. The molecular weight excluding hydrogens is 265 g/mol. The molecular formula is C10H11FNO3S2+. The summed E-state index contributed by atoms with van der Waals surface area (Å²) in [5, 5.41) is 0. The third-order valence-corrected chi connectivity index (χ3v) is 4.10. The molecule has 0 saturated heterocycles. The number of rotatable bonds is 4. The Kier molecular flexibility index (Phi) is 3.41.